The van der Waals surface area contributed by atoms with Crippen LogP contribution in [0.25, 0.3) is 0 Å². The van der Waals surface area contributed by atoms with Gasteiger partial charge in [-0.3, -0.25) is 4.57 Å². The number of methoxy groups -OCH3 is 2. The van der Waals surface area contributed by atoms with Gasteiger partial charge in [-0.25, -0.2) is 0 Å². The number of hydrogen-bond donors (Lipinski definition) is 1. The van der Waals surface area contributed by atoms with Crippen LogP contribution in [0.15, 0.2) is 48.5 Å². The average Bonchev–Trinajstić information content (AvgIpc) is 2.53. The van der Waals surface area contributed by atoms with Crippen molar-refractivity contribution < 1.29 is 18.9 Å². The second kappa shape index (κ2) is 7.30. The van der Waals surface area contributed by atoms with Crippen molar-refractivity contribution in [3.05, 3.63) is 59.7 Å². The molecule has 0 amide bonds. The molecule has 112 valence electrons. The minimum atomic E-state index is -2.68. The molecule has 2 unspecified atom stereocenters. The molecule has 0 saturated carbocycles. The molecule has 2 rings (SSSR count). The maximum atomic E-state index is 11.7. The highest BCUT2D eigenvalue weighted by Gasteiger charge is 2.18. The molecule has 0 bridgehead atoms. The van der Waals surface area contributed by atoms with Crippen molar-refractivity contribution in [2.75, 3.05) is 14.2 Å². The highest BCUT2D eigenvalue weighted by molar-refractivity contribution is 7.38. The van der Waals surface area contributed by atoms with Crippen molar-refractivity contribution in [2.24, 2.45) is 0 Å². The second-order valence-corrected chi connectivity index (χ2v) is 6.09. The standard InChI is InChI=1S/C16H19O4P/c1-19-14-7-3-12(4-8-14)11-16(21(17)18)13-5-9-15(20-2)10-6-13/h3-10,16,21H,11H2,1-2H3,(H,17,18). The van der Waals surface area contributed by atoms with Crippen molar-refractivity contribution in [1.29, 1.82) is 0 Å². The summed E-state index contributed by atoms with van der Waals surface area (Å²) in [6.45, 7) is 0. The molecule has 1 N–H and O–H groups in total. The summed E-state index contributed by atoms with van der Waals surface area (Å²) in [5.41, 5.74) is 1.45. The van der Waals surface area contributed by atoms with Crippen molar-refractivity contribution in [3.63, 3.8) is 0 Å². The summed E-state index contributed by atoms with van der Waals surface area (Å²) in [5.74, 6) is 1.51. The van der Waals surface area contributed by atoms with E-state index in [4.69, 9.17) is 9.47 Å². The Morgan fingerprint density at radius 2 is 1.43 bits per heavy atom. The van der Waals surface area contributed by atoms with Gasteiger partial charge in [0.25, 0.3) is 0 Å². The molecule has 0 aliphatic carbocycles. The monoisotopic (exact) mass is 306 g/mol. The van der Waals surface area contributed by atoms with Gasteiger partial charge < -0.3 is 14.4 Å². The summed E-state index contributed by atoms with van der Waals surface area (Å²) in [5, 5.41) is 0. The van der Waals surface area contributed by atoms with E-state index in [0.717, 1.165) is 22.6 Å². The molecule has 0 saturated heterocycles. The Morgan fingerprint density at radius 1 is 0.952 bits per heavy atom. The van der Waals surface area contributed by atoms with Crippen LogP contribution in [0, 0.1) is 0 Å². The second-order valence-electron chi connectivity index (χ2n) is 4.72. The zero-order valence-corrected chi connectivity index (χ0v) is 13.1. The third kappa shape index (κ3) is 4.10. The molecule has 2 aromatic carbocycles. The molecule has 0 heterocycles. The molecule has 0 aliphatic heterocycles. The van der Waals surface area contributed by atoms with E-state index < -0.39 is 13.7 Å². The van der Waals surface area contributed by atoms with Crippen LogP contribution in [0.1, 0.15) is 16.8 Å². The SMILES string of the molecule is COc1ccc(CC(c2ccc(OC)cc2)[PH](=O)O)cc1. The van der Waals surface area contributed by atoms with Crippen LogP contribution in [0.5, 0.6) is 11.5 Å². The first-order chi connectivity index (χ1) is 10.1. The number of benzene rings is 2. The summed E-state index contributed by atoms with van der Waals surface area (Å²) in [7, 11) is 0.529. The molecule has 0 spiro atoms. The third-order valence-electron chi connectivity index (χ3n) is 3.42. The highest BCUT2D eigenvalue weighted by atomic mass is 31.1. The fourth-order valence-electron chi connectivity index (χ4n) is 2.18. The smallest absolute Gasteiger partial charge is 0.196 e. The molecule has 4 nitrogen and oxygen atoms in total. The molecule has 0 radical (unpaired) electrons. The van der Waals surface area contributed by atoms with Gasteiger partial charge in [0.05, 0.1) is 19.9 Å². The molecule has 2 atom stereocenters. The Balaban J connectivity index is 2.19. The van der Waals surface area contributed by atoms with Gasteiger partial charge in [-0.05, 0) is 41.8 Å². The molecule has 0 fully saturated rings. The van der Waals surface area contributed by atoms with E-state index in [2.05, 4.69) is 0 Å². The first kappa shape index (κ1) is 15.6. The Bertz CT molecular complexity index is 593. The van der Waals surface area contributed by atoms with Gasteiger partial charge >= 0.3 is 0 Å². The number of rotatable bonds is 6. The third-order valence-corrected chi connectivity index (χ3v) is 4.55. The maximum Gasteiger partial charge on any atom is 0.196 e. The quantitative estimate of drug-likeness (QED) is 0.830. The number of hydrogen-bond acceptors (Lipinski definition) is 3. The summed E-state index contributed by atoms with van der Waals surface area (Å²) in [6.07, 6.45) is 0.518. The molecule has 21 heavy (non-hydrogen) atoms. The van der Waals surface area contributed by atoms with Crippen molar-refractivity contribution in [2.45, 2.75) is 12.1 Å². The summed E-state index contributed by atoms with van der Waals surface area (Å²) in [4.78, 5) is 9.64. The largest absolute Gasteiger partial charge is 0.497 e. The summed E-state index contributed by atoms with van der Waals surface area (Å²) in [6, 6.07) is 14.8. The van der Waals surface area contributed by atoms with Gasteiger partial charge in [-0.1, -0.05) is 24.3 Å². The fourth-order valence-corrected chi connectivity index (χ4v) is 3.07. The zero-order chi connectivity index (χ0) is 15.2. The van der Waals surface area contributed by atoms with Crippen molar-refractivity contribution >= 4 is 8.03 Å². The lowest BCUT2D eigenvalue weighted by Crippen LogP contribution is -1.99. The maximum absolute atomic E-state index is 11.7. The normalized spacial score (nSPS) is 13.5. The summed E-state index contributed by atoms with van der Waals surface area (Å²) >= 11 is 0. The van der Waals surface area contributed by atoms with E-state index >= 15 is 0 Å². The Kier molecular flexibility index (Phi) is 5.43. The highest BCUT2D eigenvalue weighted by Crippen LogP contribution is 2.40. The fraction of sp³-hybridized carbons (Fsp3) is 0.250. The van der Waals surface area contributed by atoms with E-state index in [0.29, 0.717) is 6.42 Å². The van der Waals surface area contributed by atoms with Crippen LogP contribution in [0.4, 0.5) is 0 Å². The van der Waals surface area contributed by atoms with Gasteiger partial charge in [-0.15, -0.1) is 0 Å². The molecular formula is C16H19O4P. The predicted octanol–water partition coefficient (Wildman–Crippen LogP) is 3.45. The van der Waals surface area contributed by atoms with Gasteiger partial charge in [0.1, 0.15) is 11.5 Å². The zero-order valence-electron chi connectivity index (χ0n) is 12.1. The first-order valence-electron chi connectivity index (χ1n) is 6.63. The van der Waals surface area contributed by atoms with Crippen LogP contribution < -0.4 is 9.47 Å². The van der Waals surface area contributed by atoms with Gasteiger partial charge in [0.2, 0.25) is 0 Å². The topological polar surface area (TPSA) is 55.8 Å². The van der Waals surface area contributed by atoms with E-state index in [-0.39, 0.29) is 0 Å². The number of ether oxygens (including phenoxy) is 2. The molecular weight excluding hydrogens is 287 g/mol. The molecule has 0 aromatic heterocycles. The Morgan fingerprint density at radius 3 is 1.86 bits per heavy atom. The lowest BCUT2D eigenvalue weighted by atomic mass is 10.0. The van der Waals surface area contributed by atoms with Crippen LogP contribution in [-0.2, 0) is 11.0 Å². The van der Waals surface area contributed by atoms with Gasteiger partial charge in [-0.2, -0.15) is 0 Å². The van der Waals surface area contributed by atoms with Gasteiger partial charge in [0.15, 0.2) is 8.03 Å². The Hall–Kier alpha value is -1.77. The molecule has 0 aliphatic rings. The van der Waals surface area contributed by atoms with Crippen LogP contribution in [0.3, 0.4) is 0 Å². The average molecular weight is 306 g/mol. The first-order valence-corrected chi connectivity index (χ1v) is 8.07. The van der Waals surface area contributed by atoms with Gasteiger partial charge in [0, 0.05) is 0 Å². The minimum absolute atomic E-state index is 0.394. The van der Waals surface area contributed by atoms with Crippen LogP contribution >= 0.6 is 8.03 Å². The van der Waals surface area contributed by atoms with E-state index in [1.165, 1.54) is 0 Å². The minimum Gasteiger partial charge on any atom is -0.497 e. The lowest BCUT2D eigenvalue weighted by Gasteiger charge is -2.15. The molecule has 5 heteroatoms. The van der Waals surface area contributed by atoms with Crippen LogP contribution in [-0.4, -0.2) is 19.1 Å². The van der Waals surface area contributed by atoms with Crippen molar-refractivity contribution in [1.82, 2.24) is 0 Å². The van der Waals surface area contributed by atoms with Crippen LogP contribution in [0.2, 0.25) is 0 Å². The van der Waals surface area contributed by atoms with Crippen molar-refractivity contribution in [3.8, 4) is 11.5 Å². The predicted molar refractivity (Wildman–Crippen MR) is 83.7 cm³/mol. The van der Waals surface area contributed by atoms with E-state index in [1.807, 2.05) is 36.4 Å². The lowest BCUT2D eigenvalue weighted by molar-refractivity contribution is 0.414. The molecule has 2 aromatic rings. The Labute approximate surface area is 125 Å². The van der Waals surface area contributed by atoms with E-state index in [1.54, 1.807) is 26.4 Å². The summed E-state index contributed by atoms with van der Waals surface area (Å²) < 4.78 is 21.9. The van der Waals surface area contributed by atoms with E-state index in [9.17, 15) is 9.46 Å².